The van der Waals surface area contributed by atoms with Crippen molar-refractivity contribution >= 4 is 0 Å². The average Bonchev–Trinajstić information content (AvgIpc) is 2.43. The fourth-order valence-corrected chi connectivity index (χ4v) is 2.83. The molecule has 2 nitrogen and oxygen atoms in total. The number of benzene rings is 1. The van der Waals surface area contributed by atoms with Crippen LogP contribution >= 0.6 is 0 Å². The van der Waals surface area contributed by atoms with Crippen LogP contribution in [0.15, 0.2) is 18.2 Å². The summed E-state index contributed by atoms with van der Waals surface area (Å²) in [5.74, 6) is -0.554. The van der Waals surface area contributed by atoms with E-state index in [-0.39, 0.29) is 12.2 Å². The largest absolute Gasteiger partial charge is 0.396 e. The Morgan fingerprint density at radius 1 is 1.16 bits per heavy atom. The number of nitrogens with zero attached hydrogens (tertiary/aromatic N) is 1. The molecular weight excluding hydrogens is 248 g/mol. The Morgan fingerprint density at radius 3 is 2.26 bits per heavy atom. The second-order valence-corrected chi connectivity index (χ2v) is 5.47. The molecule has 1 aliphatic rings. The van der Waals surface area contributed by atoms with Gasteiger partial charge in [0.25, 0.3) is 0 Å². The summed E-state index contributed by atoms with van der Waals surface area (Å²) in [5.41, 5.74) is 0.147. The molecular formula is C15H21F2NO. The van der Waals surface area contributed by atoms with Gasteiger partial charge in [-0.2, -0.15) is 0 Å². The normalized spacial score (nSPS) is 23.8. The zero-order valence-electron chi connectivity index (χ0n) is 11.3. The summed E-state index contributed by atoms with van der Waals surface area (Å²) in [6.07, 6.45) is 3.95. The van der Waals surface area contributed by atoms with Gasteiger partial charge in [-0.1, -0.05) is 6.07 Å². The van der Waals surface area contributed by atoms with E-state index < -0.39 is 11.6 Å². The predicted octanol–water partition coefficient (Wildman–Crippen LogP) is 2.95. The first-order valence-electron chi connectivity index (χ1n) is 6.85. The Morgan fingerprint density at radius 2 is 1.74 bits per heavy atom. The van der Waals surface area contributed by atoms with Gasteiger partial charge < -0.3 is 5.11 Å². The van der Waals surface area contributed by atoms with Crippen LogP contribution in [0.5, 0.6) is 0 Å². The van der Waals surface area contributed by atoms with Crippen molar-refractivity contribution in [2.24, 2.45) is 5.92 Å². The molecule has 0 unspecified atom stereocenters. The second-order valence-electron chi connectivity index (χ2n) is 5.47. The fraction of sp³-hybridized carbons (Fsp3) is 0.600. The highest BCUT2D eigenvalue weighted by atomic mass is 19.1. The van der Waals surface area contributed by atoms with Crippen molar-refractivity contribution in [2.45, 2.75) is 38.3 Å². The lowest BCUT2D eigenvalue weighted by molar-refractivity contribution is 0.122. The molecule has 1 fully saturated rings. The molecule has 106 valence electrons. The van der Waals surface area contributed by atoms with E-state index in [1.165, 1.54) is 18.2 Å². The first kappa shape index (κ1) is 14.4. The first-order chi connectivity index (χ1) is 9.11. The third-order valence-corrected chi connectivity index (χ3v) is 4.17. The fourth-order valence-electron chi connectivity index (χ4n) is 2.83. The van der Waals surface area contributed by atoms with Crippen molar-refractivity contribution in [3.8, 4) is 0 Å². The van der Waals surface area contributed by atoms with Gasteiger partial charge in [0.05, 0.1) is 0 Å². The highest BCUT2D eigenvalue weighted by Gasteiger charge is 2.24. The zero-order valence-corrected chi connectivity index (χ0v) is 11.3. The number of halogens is 2. The van der Waals surface area contributed by atoms with Gasteiger partial charge in [-0.05, 0) is 50.8 Å². The summed E-state index contributed by atoms with van der Waals surface area (Å²) in [5, 5.41) is 9.11. The molecule has 0 radical (unpaired) electrons. The van der Waals surface area contributed by atoms with Gasteiger partial charge in [0, 0.05) is 24.8 Å². The molecule has 0 bridgehead atoms. The molecule has 1 aromatic rings. The third kappa shape index (κ3) is 3.51. The van der Waals surface area contributed by atoms with Crippen molar-refractivity contribution in [2.75, 3.05) is 13.7 Å². The molecule has 0 heterocycles. The Hall–Kier alpha value is -1.00. The SMILES string of the molecule is CN(Cc1c(F)cccc1F)C1CCC(CO)CC1. The number of rotatable bonds is 4. The van der Waals surface area contributed by atoms with Crippen LogP contribution in [0, 0.1) is 17.6 Å². The van der Waals surface area contributed by atoms with E-state index in [4.69, 9.17) is 5.11 Å². The van der Waals surface area contributed by atoms with E-state index in [0.717, 1.165) is 25.7 Å². The standard InChI is InChI=1S/C15H21F2NO/c1-18(12-7-5-11(10-19)6-8-12)9-13-14(16)3-2-4-15(13)17/h2-4,11-12,19H,5-10H2,1H3. The number of aliphatic hydroxyl groups excluding tert-OH is 1. The molecule has 0 aromatic heterocycles. The molecule has 1 aromatic carbocycles. The van der Waals surface area contributed by atoms with Crippen molar-refractivity contribution in [3.05, 3.63) is 35.4 Å². The Labute approximate surface area is 113 Å². The minimum Gasteiger partial charge on any atom is -0.396 e. The van der Waals surface area contributed by atoms with Crippen molar-refractivity contribution in [1.29, 1.82) is 0 Å². The first-order valence-corrected chi connectivity index (χ1v) is 6.85. The lowest BCUT2D eigenvalue weighted by atomic mass is 9.86. The van der Waals surface area contributed by atoms with E-state index in [1.807, 2.05) is 11.9 Å². The van der Waals surface area contributed by atoms with Crippen LogP contribution in [0.3, 0.4) is 0 Å². The lowest BCUT2D eigenvalue weighted by Gasteiger charge is -2.34. The van der Waals surface area contributed by atoms with Gasteiger partial charge in [-0.25, -0.2) is 8.78 Å². The van der Waals surface area contributed by atoms with Gasteiger partial charge in [0.2, 0.25) is 0 Å². The Kier molecular flexibility index (Phi) is 4.88. The van der Waals surface area contributed by atoms with Crippen LogP contribution in [0.2, 0.25) is 0 Å². The van der Waals surface area contributed by atoms with E-state index in [9.17, 15) is 8.78 Å². The average molecular weight is 269 g/mol. The maximum Gasteiger partial charge on any atom is 0.130 e. The molecule has 0 aliphatic heterocycles. The monoisotopic (exact) mass is 269 g/mol. The van der Waals surface area contributed by atoms with Crippen LogP contribution < -0.4 is 0 Å². The minimum absolute atomic E-state index is 0.147. The van der Waals surface area contributed by atoms with Crippen LogP contribution in [-0.2, 0) is 6.54 Å². The second kappa shape index (κ2) is 6.44. The van der Waals surface area contributed by atoms with Crippen LogP contribution in [0.25, 0.3) is 0 Å². The third-order valence-electron chi connectivity index (χ3n) is 4.17. The van der Waals surface area contributed by atoms with Crippen molar-refractivity contribution in [1.82, 2.24) is 4.90 Å². The van der Waals surface area contributed by atoms with E-state index >= 15 is 0 Å². The van der Waals surface area contributed by atoms with E-state index in [0.29, 0.717) is 18.5 Å². The Balaban J connectivity index is 1.96. The number of hydrogen-bond donors (Lipinski definition) is 1. The quantitative estimate of drug-likeness (QED) is 0.908. The Bertz CT molecular complexity index is 396. The molecule has 0 saturated heterocycles. The number of hydrogen-bond acceptors (Lipinski definition) is 2. The molecule has 0 amide bonds. The molecule has 19 heavy (non-hydrogen) atoms. The highest BCUT2D eigenvalue weighted by molar-refractivity contribution is 5.19. The maximum absolute atomic E-state index is 13.6. The summed E-state index contributed by atoms with van der Waals surface area (Å²) < 4.78 is 27.2. The van der Waals surface area contributed by atoms with Gasteiger partial charge in [-0.15, -0.1) is 0 Å². The zero-order chi connectivity index (χ0) is 13.8. The van der Waals surface area contributed by atoms with Gasteiger partial charge in [0.15, 0.2) is 0 Å². The van der Waals surface area contributed by atoms with E-state index in [2.05, 4.69) is 0 Å². The molecule has 0 spiro atoms. The number of aliphatic hydroxyl groups is 1. The summed E-state index contributed by atoms with van der Waals surface area (Å²) in [4.78, 5) is 2.02. The predicted molar refractivity (Wildman–Crippen MR) is 70.7 cm³/mol. The van der Waals surface area contributed by atoms with Crippen LogP contribution in [0.1, 0.15) is 31.2 Å². The topological polar surface area (TPSA) is 23.5 Å². The molecule has 2 rings (SSSR count). The molecule has 0 atom stereocenters. The smallest absolute Gasteiger partial charge is 0.130 e. The molecule has 1 N–H and O–H groups in total. The molecule has 1 saturated carbocycles. The van der Waals surface area contributed by atoms with Crippen LogP contribution in [-0.4, -0.2) is 29.7 Å². The molecule has 1 aliphatic carbocycles. The highest BCUT2D eigenvalue weighted by Crippen LogP contribution is 2.28. The molecule has 4 heteroatoms. The van der Waals surface area contributed by atoms with Gasteiger partial charge >= 0.3 is 0 Å². The minimum atomic E-state index is -0.476. The summed E-state index contributed by atoms with van der Waals surface area (Å²) in [6.45, 7) is 0.547. The van der Waals surface area contributed by atoms with Crippen molar-refractivity contribution in [3.63, 3.8) is 0 Å². The summed E-state index contributed by atoms with van der Waals surface area (Å²) in [6, 6.07) is 4.34. The lowest BCUT2D eigenvalue weighted by Crippen LogP contribution is -2.35. The van der Waals surface area contributed by atoms with Crippen molar-refractivity contribution < 1.29 is 13.9 Å². The summed E-state index contributed by atoms with van der Waals surface area (Å²) in [7, 11) is 1.91. The van der Waals surface area contributed by atoms with Crippen LogP contribution in [0.4, 0.5) is 8.78 Å². The maximum atomic E-state index is 13.6. The van der Waals surface area contributed by atoms with E-state index in [1.54, 1.807) is 0 Å². The van der Waals surface area contributed by atoms with Gasteiger partial charge in [-0.3, -0.25) is 4.90 Å². The van der Waals surface area contributed by atoms with Gasteiger partial charge in [0.1, 0.15) is 11.6 Å². The summed E-state index contributed by atoms with van der Waals surface area (Å²) >= 11 is 0.